The van der Waals surface area contributed by atoms with E-state index in [2.05, 4.69) is 19.1 Å². The fraction of sp³-hybridized carbons (Fsp3) is 0.533. The maximum absolute atomic E-state index is 11.5. The van der Waals surface area contributed by atoms with Gasteiger partial charge in [-0.1, -0.05) is 37.3 Å². The molecule has 1 atom stereocenters. The Morgan fingerprint density at radius 2 is 2.06 bits per heavy atom. The quantitative estimate of drug-likeness (QED) is 0.795. The average Bonchev–Trinajstić information content (AvgIpc) is 2.30. The Labute approximate surface area is 103 Å². The van der Waals surface area contributed by atoms with E-state index in [9.17, 15) is 4.79 Å². The molecule has 1 unspecified atom stereocenters. The Morgan fingerprint density at radius 1 is 1.29 bits per heavy atom. The third-order valence-corrected chi connectivity index (χ3v) is 3.42. The fourth-order valence-corrected chi connectivity index (χ4v) is 2.48. The zero-order valence-electron chi connectivity index (χ0n) is 10.4. The van der Waals surface area contributed by atoms with Crippen molar-refractivity contribution in [3.05, 3.63) is 35.9 Å². The summed E-state index contributed by atoms with van der Waals surface area (Å²) in [5.41, 5.74) is 1.25. The number of carbonyl (C=O) groups is 1. The van der Waals surface area contributed by atoms with E-state index >= 15 is 0 Å². The molecule has 0 N–H and O–H groups in total. The smallest absolute Gasteiger partial charge is 0.133 e. The van der Waals surface area contributed by atoms with Crippen LogP contribution in [0.4, 0.5) is 0 Å². The van der Waals surface area contributed by atoms with Crippen LogP contribution >= 0.6 is 0 Å². The molecule has 1 aromatic carbocycles. The maximum atomic E-state index is 11.5. The summed E-state index contributed by atoms with van der Waals surface area (Å²) in [6.45, 7) is 3.49. The van der Waals surface area contributed by atoms with Gasteiger partial charge >= 0.3 is 0 Å². The molecule has 0 aromatic heterocycles. The zero-order chi connectivity index (χ0) is 12.1. The molecule has 0 spiro atoms. The van der Waals surface area contributed by atoms with Crippen LogP contribution < -0.4 is 0 Å². The molecule has 92 valence electrons. The molecule has 1 saturated carbocycles. The van der Waals surface area contributed by atoms with E-state index in [1.54, 1.807) is 0 Å². The maximum Gasteiger partial charge on any atom is 0.133 e. The minimum Gasteiger partial charge on any atom is -0.376 e. The molecule has 0 bridgehead atoms. The molecule has 1 aliphatic carbocycles. The molecular weight excluding hydrogens is 212 g/mol. The van der Waals surface area contributed by atoms with Gasteiger partial charge in [0, 0.05) is 12.8 Å². The predicted octanol–water partition coefficient (Wildman–Crippen LogP) is 3.35. The second-order valence-electron chi connectivity index (χ2n) is 5.36. The summed E-state index contributed by atoms with van der Waals surface area (Å²) in [6.07, 6.45) is 3.56. The highest BCUT2D eigenvalue weighted by molar-refractivity contribution is 5.79. The molecule has 2 rings (SSSR count). The lowest BCUT2D eigenvalue weighted by molar-refractivity contribution is -0.125. The first-order valence-corrected chi connectivity index (χ1v) is 6.31. The van der Waals surface area contributed by atoms with E-state index in [4.69, 9.17) is 4.74 Å². The van der Waals surface area contributed by atoms with Gasteiger partial charge in [-0.25, -0.2) is 0 Å². The molecule has 17 heavy (non-hydrogen) atoms. The average molecular weight is 232 g/mol. The summed E-state index contributed by atoms with van der Waals surface area (Å²) in [7, 11) is 0. The summed E-state index contributed by atoms with van der Waals surface area (Å²) >= 11 is 0. The molecule has 1 aliphatic rings. The molecule has 0 aliphatic heterocycles. The Kier molecular flexibility index (Phi) is 3.95. The number of carbonyl (C=O) groups excluding carboxylic acids is 1. The van der Waals surface area contributed by atoms with Crippen LogP contribution in [-0.4, -0.2) is 12.4 Å². The Morgan fingerprint density at radius 3 is 2.76 bits per heavy atom. The molecule has 0 radical (unpaired) electrons. The lowest BCUT2D eigenvalue weighted by Gasteiger charge is -2.32. The van der Waals surface area contributed by atoms with Crippen molar-refractivity contribution in [2.75, 3.05) is 6.61 Å². The minimum absolute atomic E-state index is 0.0596. The van der Waals surface area contributed by atoms with Crippen LogP contribution in [0.5, 0.6) is 0 Å². The van der Waals surface area contributed by atoms with Crippen LogP contribution in [0.3, 0.4) is 0 Å². The molecule has 0 amide bonds. The largest absolute Gasteiger partial charge is 0.376 e. The summed E-state index contributed by atoms with van der Waals surface area (Å²) in [5.74, 6) is 0.391. The third kappa shape index (κ3) is 3.67. The summed E-state index contributed by atoms with van der Waals surface area (Å²) in [6, 6.07) is 10.2. The van der Waals surface area contributed by atoms with E-state index < -0.39 is 0 Å². The van der Waals surface area contributed by atoms with Crippen LogP contribution in [0.15, 0.2) is 30.3 Å². The van der Waals surface area contributed by atoms with Gasteiger partial charge in [-0.05, 0) is 23.8 Å². The first-order chi connectivity index (χ1) is 8.18. The normalized spacial score (nSPS) is 24.9. The molecule has 1 aromatic rings. The van der Waals surface area contributed by atoms with E-state index in [-0.39, 0.29) is 5.41 Å². The van der Waals surface area contributed by atoms with Crippen LogP contribution in [0.1, 0.15) is 38.2 Å². The lowest BCUT2D eigenvalue weighted by atomic mass is 9.76. The van der Waals surface area contributed by atoms with Gasteiger partial charge in [0.2, 0.25) is 0 Å². The van der Waals surface area contributed by atoms with Crippen LogP contribution in [0.2, 0.25) is 0 Å². The van der Waals surface area contributed by atoms with Crippen molar-refractivity contribution in [1.82, 2.24) is 0 Å². The summed E-state index contributed by atoms with van der Waals surface area (Å²) in [4.78, 5) is 11.5. The standard InChI is InChI=1S/C15H20O2/c1-15(9-5-8-14(16)10-15)12-17-11-13-6-3-2-4-7-13/h2-4,6-7H,5,8-12H2,1H3. The first-order valence-electron chi connectivity index (χ1n) is 6.31. The van der Waals surface area contributed by atoms with Crippen LogP contribution in [0, 0.1) is 5.41 Å². The third-order valence-electron chi connectivity index (χ3n) is 3.42. The molecular formula is C15H20O2. The van der Waals surface area contributed by atoms with Crippen molar-refractivity contribution in [2.24, 2.45) is 5.41 Å². The van der Waals surface area contributed by atoms with Gasteiger partial charge in [0.25, 0.3) is 0 Å². The Balaban J connectivity index is 1.80. The number of ketones is 1. The fourth-order valence-electron chi connectivity index (χ4n) is 2.48. The van der Waals surface area contributed by atoms with Gasteiger partial charge in [0.15, 0.2) is 0 Å². The summed E-state index contributed by atoms with van der Waals surface area (Å²) < 4.78 is 5.76. The Bertz CT molecular complexity index is 372. The van der Waals surface area contributed by atoms with Gasteiger partial charge in [0.05, 0.1) is 13.2 Å². The number of ether oxygens (including phenoxy) is 1. The van der Waals surface area contributed by atoms with Gasteiger partial charge < -0.3 is 4.74 Å². The highest BCUT2D eigenvalue weighted by Gasteiger charge is 2.31. The van der Waals surface area contributed by atoms with E-state index in [0.29, 0.717) is 25.4 Å². The molecule has 0 saturated heterocycles. The second-order valence-corrected chi connectivity index (χ2v) is 5.36. The predicted molar refractivity (Wildman–Crippen MR) is 67.7 cm³/mol. The molecule has 2 heteroatoms. The van der Waals surface area contributed by atoms with Crippen molar-refractivity contribution in [1.29, 1.82) is 0 Å². The molecule has 0 heterocycles. The molecule has 1 fully saturated rings. The monoisotopic (exact) mass is 232 g/mol. The second kappa shape index (κ2) is 5.46. The van der Waals surface area contributed by atoms with Crippen molar-refractivity contribution in [3.63, 3.8) is 0 Å². The number of Topliss-reactive ketones (excluding diaryl/α,β-unsaturated/α-hetero) is 1. The Hall–Kier alpha value is -1.15. The molecule has 2 nitrogen and oxygen atoms in total. The van der Waals surface area contributed by atoms with Gasteiger partial charge in [-0.15, -0.1) is 0 Å². The van der Waals surface area contributed by atoms with E-state index in [1.165, 1.54) is 5.56 Å². The van der Waals surface area contributed by atoms with Gasteiger partial charge in [-0.3, -0.25) is 4.79 Å². The van der Waals surface area contributed by atoms with Crippen molar-refractivity contribution in [2.45, 2.75) is 39.2 Å². The van der Waals surface area contributed by atoms with Crippen molar-refractivity contribution >= 4 is 5.78 Å². The van der Waals surface area contributed by atoms with Gasteiger partial charge in [-0.2, -0.15) is 0 Å². The number of rotatable bonds is 4. The van der Waals surface area contributed by atoms with Crippen LogP contribution in [0.25, 0.3) is 0 Å². The van der Waals surface area contributed by atoms with Crippen molar-refractivity contribution in [3.8, 4) is 0 Å². The van der Waals surface area contributed by atoms with E-state index in [0.717, 1.165) is 19.3 Å². The SMILES string of the molecule is CC1(COCc2ccccc2)CCCC(=O)C1. The number of benzene rings is 1. The number of hydrogen-bond donors (Lipinski definition) is 0. The zero-order valence-corrected chi connectivity index (χ0v) is 10.4. The van der Waals surface area contributed by atoms with Crippen molar-refractivity contribution < 1.29 is 9.53 Å². The highest BCUT2D eigenvalue weighted by Crippen LogP contribution is 2.34. The number of hydrogen-bond acceptors (Lipinski definition) is 2. The lowest BCUT2D eigenvalue weighted by Crippen LogP contribution is -2.30. The van der Waals surface area contributed by atoms with E-state index in [1.807, 2.05) is 18.2 Å². The highest BCUT2D eigenvalue weighted by atomic mass is 16.5. The summed E-state index contributed by atoms with van der Waals surface area (Å²) in [5, 5.41) is 0. The van der Waals surface area contributed by atoms with Gasteiger partial charge in [0.1, 0.15) is 5.78 Å². The minimum atomic E-state index is 0.0596. The topological polar surface area (TPSA) is 26.3 Å². The first kappa shape index (κ1) is 12.3. The van der Waals surface area contributed by atoms with Crippen LogP contribution in [-0.2, 0) is 16.1 Å².